The third-order valence-electron chi connectivity index (χ3n) is 3.51. The number of carbonyl (C=O) groups is 2. The first kappa shape index (κ1) is 15.0. The van der Waals surface area contributed by atoms with Crippen molar-refractivity contribution in [3.8, 4) is 0 Å². The summed E-state index contributed by atoms with van der Waals surface area (Å²) >= 11 is 0. The van der Waals surface area contributed by atoms with Gasteiger partial charge < -0.3 is 9.88 Å². The van der Waals surface area contributed by atoms with Crippen LogP contribution in [0.2, 0.25) is 0 Å². The van der Waals surface area contributed by atoms with E-state index < -0.39 is 0 Å². The molecule has 0 aliphatic carbocycles. The second kappa shape index (κ2) is 6.39. The number of nitrogens with zero attached hydrogens (tertiary/aromatic N) is 1. The van der Waals surface area contributed by atoms with E-state index in [1.54, 1.807) is 22.9 Å². The molecule has 0 fully saturated rings. The zero-order chi connectivity index (χ0) is 15.4. The Morgan fingerprint density at radius 2 is 1.90 bits per heavy atom. The second-order valence-electron chi connectivity index (χ2n) is 5.32. The van der Waals surface area contributed by atoms with Crippen LogP contribution in [0.15, 0.2) is 30.5 Å². The van der Waals surface area contributed by atoms with Gasteiger partial charge in [0, 0.05) is 24.8 Å². The summed E-state index contributed by atoms with van der Waals surface area (Å²) in [7, 11) is 0. The molecule has 110 valence electrons. The summed E-state index contributed by atoms with van der Waals surface area (Å²) in [5, 5.41) is 2.97. The highest BCUT2D eigenvalue weighted by Crippen LogP contribution is 2.22. The number of rotatable bonds is 5. The number of aromatic nitrogens is 1. The van der Waals surface area contributed by atoms with Gasteiger partial charge in [-0.25, -0.2) is 0 Å². The molecule has 4 heteroatoms. The van der Waals surface area contributed by atoms with E-state index >= 15 is 0 Å². The van der Waals surface area contributed by atoms with Crippen molar-refractivity contribution in [2.24, 2.45) is 0 Å². The van der Waals surface area contributed by atoms with Gasteiger partial charge in [-0.3, -0.25) is 9.59 Å². The van der Waals surface area contributed by atoms with Crippen molar-refractivity contribution in [1.29, 1.82) is 0 Å². The van der Waals surface area contributed by atoms with Gasteiger partial charge in [0.2, 0.25) is 5.91 Å². The molecule has 4 nitrogen and oxygen atoms in total. The molecule has 0 atom stereocenters. The van der Waals surface area contributed by atoms with Gasteiger partial charge >= 0.3 is 0 Å². The molecule has 1 N–H and O–H groups in total. The smallest absolute Gasteiger partial charge is 0.226 e. The van der Waals surface area contributed by atoms with Crippen LogP contribution in [-0.4, -0.2) is 16.8 Å². The summed E-state index contributed by atoms with van der Waals surface area (Å²) in [6, 6.07) is 7.65. The standard InChI is InChI=1S/C17H20N2O2/c1-12-9-13(2)17(14(3)10-12)18-16(21)6-8-19-7-4-5-15(19)11-20/h4-5,7,9-11H,6,8H2,1-3H3,(H,18,21). The Balaban J connectivity index is 2.01. The zero-order valence-corrected chi connectivity index (χ0v) is 12.6. The van der Waals surface area contributed by atoms with Gasteiger partial charge in [0.1, 0.15) is 0 Å². The van der Waals surface area contributed by atoms with Gasteiger partial charge in [-0.2, -0.15) is 0 Å². The lowest BCUT2D eigenvalue weighted by atomic mass is 10.1. The number of hydrogen-bond donors (Lipinski definition) is 1. The molecule has 1 aromatic carbocycles. The fraction of sp³-hybridized carbons (Fsp3) is 0.294. The maximum absolute atomic E-state index is 12.1. The highest BCUT2D eigenvalue weighted by Gasteiger charge is 2.09. The summed E-state index contributed by atoms with van der Waals surface area (Å²) in [5.41, 5.74) is 4.79. The Bertz CT molecular complexity index is 648. The number of aryl methyl sites for hydroxylation is 4. The van der Waals surface area contributed by atoms with Crippen LogP contribution >= 0.6 is 0 Å². The van der Waals surface area contributed by atoms with Crippen LogP contribution < -0.4 is 5.32 Å². The lowest BCUT2D eigenvalue weighted by Gasteiger charge is -2.13. The van der Waals surface area contributed by atoms with Gasteiger partial charge in [0.15, 0.2) is 6.29 Å². The number of benzene rings is 1. The van der Waals surface area contributed by atoms with E-state index in [9.17, 15) is 9.59 Å². The van der Waals surface area contributed by atoms with E-state index in [0.29, 0.717) is 18.7 Å². The van der Waals surface area contributed by atoms with E-state index in [-0.39, 0.29) is 5.91 Å². The maximum atomic E-state index is 12.1. The summed E-state index contributed by atoms with van der Waals surface area (Å²) in [4.78, 5) is 22.9. The molecule has 2 rings (SSSR count). The van der Waals surface area contributed by atoms with Crippen LogP contribution in [0, 0.1) is 20.8 Å². The fourth-order valence-corrected chi connectivity index (χ4v) is 2.54. The van der Waals surface area contributed by atoms with E-state index in [1.165, 1.54) is 5.56 Å². The predicted octanol–water partition coefficient (Wildman–Crippen LogP) is 3.25. The van der Waals surface area contributed by atoms with Gasteiger partial charge in [-0.1, -0.05) is 17.7 Å². The summed E-state index contributed by atoms with van der Waals surface area (Å²) in [6.07, 6.45) is 2.94. The van der Waals surface area contributed by atoms with Gasteiger partial charge in [-0.15, -0.1) is 0 Å². The summed E-state index contributed by atoms with van der Waals surface area (Å²) < 4.78 is 1.78. The number of carbonyl (C=O) groups excluding carboxylic acids is 2. The zero-order valence-electron chi connectivity index (χ0n) is 12.6. The highest BCUT2D eigenvalue weighted by atomic mass is 16.1. The molecule has 0 unspecified atom stereocenters. The Labute approximate surface area is 124 Å². The minimum Gasteiger partial charge on any atom is -0.345 e. The van der Waals surface area contributed by atoms with Gasteiger partial charge in [0.05, 0.1) is 5.69 Å². The first-order valence-corrected chi connectivity index (χ1v) is 6.99. The largest absolute Gasteiger partial charge is 0.345 e. The fourth-order valence-electron chi connectivity index (χ4n) is 2.54. The lowest BCUT2D eigenvalue weighted by molar-refractivity contribution is -0.116. The number of anilines is 1. The van der Waals surface area contributed by atoms with Crippen molar-refractivity contribution in [3.63, 3.8) is 0 Å². The van der Waals surface area contributed by atoms with E-state index in [1.807, 2.05) is 20.8 Å². The average Bonchev–Trinajstić information content (AvgIpc) is 2.88. The molecular weight excluding hydrogens is 264 g/mol. The Morgan fingerprint density at radius 3 is 2.52 bits per heavy atom. The molecule has 1 heterocycles. The highest BCUT2D eigenvalue weighted by molar-refractivity contribution is 5.92. The van der Waals surface area contributed by atoms with Crippen molar-refractivity contribution < 1.29 is 9.59 Å². The molecule has 0 saturated heterocycles. The first-order valence-electron chi connectivity index (χ1n) is 6.99. The molecule has 0 bridgehead atoms. The molecule has 0 spiro atoms. The Kier molecular flexibility index (Phi) is 4.58. The molecule has 0 aliphatic heterocycles. The second-order valence-corrected chi connectivity index (χ2v) is 5.32. The first-order chi connectivity index (χ1) is 10.0. The molecule has 0 saturated carbocycles. The van der Waals surface area contributed by atoms with E-state index in [0.717, 1.165) is 23.1 Å². The van der Waals surface area contributed by atoms with Gasteiger partial charge in [0.25, 0.3) is 0 Å². The average molecular weight is 284 g/mol. The molecule has 0 aliphatic rings. The number of nitrogens with one attached hydrogen (secondary N) is 1. The van der Waals surface area contributed by atoms with Crippen LogP contribution in [0.5, 0.6) is 0 Å². The monoisotopic (exact) mass is 284 g/mol. The van der Waals surface area contributed by atoms with Crippen LogP contribution in [-0.2, 0) is 11.3 Å². The SMILES string of the molecule is Cc1cc(C)c(NC(=O)CCn2cccc2C=O)c(C)c1. The number of amides is 1. The predicted molar refractivity (Wildman–Crippen MR) is 83.7 cm³/mol. The minimum absolute atomic E-state index is 0.0457. The molecular formula is C17H20N2O2. The summed E-state index contributed by atoms with van der Waals surface area (Å²) in [5.74, 6) is -0.0457. The van der Waals surface area contributed by atoms with Crippen molar-refractivity contribution >= 4 is 17.9 Å². The van der Waals surface area contributed by atoms with Crippen molar-refractivity contribution in [2.45, 2.75) is 33.7 Å². The Morgan fingerprint density at radius 1 is 1.24 bits per heavy atom. The molecule has 1 aromatic heterocycles. The Hall–Kier alpha value is -2.36. The van der Waals surface area contributed by atoms with E-state index in [4.69, 9.17) is 0 Å². The third kappa shape index (κ3) is 3.60. The minimum atomic E-state index is -0.0457. The van der Waals surface area contributed by atoms with Crippen molar-refractivity contribution in [2.75, 3.05) is 5.32 Å². The molecule has 0 radical (unpaired) electrons. The quantitative estimate of drug-likeness (QED) is 0.857. The topological polar surface area (TPSA) is 51.1 Å². The lowest BCUT2D eigenvalue weighted by Crippen LogP contribution is -2.16. The maximum Gasteiger partial charge on any atom is 0.226 e. The summed E-state index contributed by atoms with van der Waals surface area (Å²) in [6.45, 7) is 6.52. The third-order valence-corrected chi connectivity index (χ3v) is 3.51. The van der Waals surface area contributed by atoms with E-state index in [2.05, 4.69) is 17.4 Å². The molecule has 2 aromatic rings. The molecule has 21 heavy (non-hydrogen) atoms. The molecule has 1 amide bonds. The van der Waals surface area contributed by atoms with Crippen LogP contribution in [0.1, 0.15) is 33.6 Å². The normalized spacial score (nSPS) is 10.4. The van der Waals surface area contributed by atoms with Crippen molar-refractivity contribution in [3.05, 3.63) is 52.8 Å². The van der Waals surface area contributed by atoms with Crippen LogP contribution in [0.3, 0.4) is 0 Å². The van der Waals surface area contributed by atoms with Gasteiger partial charge in [-0.05, 0) is 44.0 Å². The number of hydrogen-bond acceptors (Lipinski definition) is 2. The van der Waals surface area contributed by atoms with Crippen molar-refractivity contribution in [1.82, 2.24) is 4.57 Å². The van der Waals surface area contributed by atoms with Crippen LogP contribution in [0.25, 0.3) is 0 Å². The number of aldehydes is 1. The van der Waals surface area contributed by atoms with Crippen LogP contribution in [0.4, 0.5) is 5.69 Å².